The van der Waals surface area contributed by atoms with Crippen molar-refractivity contribution in [2.24, 2.45) is 11.8 Å². The molecule has 4 nitrogen and oxygen atoms in total. The lowest BCUT2D eigenvalue weighted by Crippen LogP contribution is -2.32. The number of likely N-dealkylation sites (tertiary alicyclic amines) is 1. The molecule has 2 aliphatic heterocycles. The lowest BCUT2D eigenvalue weighted by Gasteiger charge is -2.22. The molecule has 2 aliphatic rings. The molecule has 0 aliphatic carbocycles. The van der Waals surface area contributed by atoms with Gasteiger partial charge in [0.05, 0.1) is 5.69 Å². The van der Waals surface area contributed by atoms with Crippen LogP contribution in [0.3, 0.4) is 0 Å². The molecule has 2 saturated heterocycles. The van der Waals surface area contributed by atoms with Gasteiger partial charge in [0.2, 0.25) is 5.89 Å². The fraction of sp³-hybridized carbons (Fsp3) is 0.471. The van der Waals surface area contributed by atoms with Gasteiger partial charge in [-0.05, 0) is 44.0 Å². The van der Waals surface area contributed by atoms with Crippen LogP contribution in [-0.2, 0) is 6.54 Å². The Morgan fingerprint density at radius 1 is 1.29 bits per heavy atom. The molecule has 110 valence electrons. The third-order valence-electron chi connectivity index (χ3n) is 4.99. The lowest BCUT2D eigenvalue weighted by molar-refractivity contribution is 0.229. The van der Waals surface area contributed by atoms with Crippen LogP contribution < -0.4 is 5.32 Å². The highest BCUT2D eigenvalue weighted by molar-refractivity contribution is 5.52. The van der Waals surface area contributed by atoms with Gasteiger partial charge in [-0.2, -0.15) is 0 Å². The molecule has 0 amide bonds. The van der Waals surface area contributed by atoms with E-state index in [1.807, 2.05) is 30.3 Å². The van der Waals surface area contributed by atoms with Crippen LogP contribution in [0, 0.1) is 11.8 Å². The van der Waals surface area contributed by atoms with E-state index in [9.17, 15) is 0 Å². The normalized spacial score (nSPS) is 28.9. The van der Waals surface area contributed by atoms with Crippen molar-refractivity contribution < 1.29 is 4.42 Å². The van der Waals surface area contributed by atoms with Crippen LogP contribution in [0.5, 0.6) is 0 Å². The summed E-state index contributed by atoms with van der Waals surface area (Å²) in [4.78, 5) is 7.19. The molecule has 0 spiro atoms. The van der Waals surface area contributed by atoms with Gasteiger partial charge in [-0.25, -0.2) is 4.98 Å². The van der Waals surface area contributed by atoms with Crippen LogP contribution in [0.1, 0.15) is 12.6 Å². The molecule has 1 aromatic carbocycles. The fourth-order valence-corrected chi connectivity index (χ4v) is 3.77. The Hall–Kier alpha value is -1.65. The zero-order valence-electron chi connectivity index (χ0n) is 12.3. The van der Waals surface area contributed by atoms with E-state index in [0.717, 1.165) is 42.1 Å². The van der Waals surface area contributed by atoms with Gasteiger partial charge in [0.25, 0.3) is 0 Å². The second kappa shape index (κ2) is 5.28. The third kappa shape index (κ3) is 2.39. The van der Waals surface area contributed by atoms with Crippen LogP contribution >= 0.6 is 0 Å². The smallest absolute Gasteiger partial charge is 0.226 e. The maximum absolute atomic E-state index is 5.64. The Labute approximate surface area is 125 Å². The predicted molar refractivity (Wildman–Crippen MR) is 81.7 cm³/mol. The van der Waals surface area contributed by atoms with Gasteiger partial charge in [0.15, 0.2) is 0 Å². The maximum Gasteiger partial charge on any atom is 0.226 e. The number of hydrogen-bond acceptors (Lipinski definition) is 4. The van der Waals surface area contributed by atoms with Crippen molar-refractivity contribution in [1.82, 2.24) is 15.2 Å². The van der Waals surface area contributed by atoms with Crippen molar-refractivity contribution in [2.45, 2.75) is 19.5 Å². The Balaban J connectivity index is 1.48. The number of nitrogens with one attached hydrogen (secondary N) is 1. The molecule has 4 rings (SSSR count). The molecular weight excluding hydrogens is 262 g/mol. The molecule has 0 radical (unpaired) electrons. The van der Waals surface area contributed by atoms with E-state index in [-0.39, 0.29) is 0 Å². The van der Waals surface area contributed by atoms with Gasteiger partial charge in [0, 0.05) is 24.7 Å². The topological polar surface area (TPSA) is 41.3 Å². The SMILES string of the molecule is CC1C2CNCC2CN1Cc1coc(-c2ccccc2)n1. The number of oxazole rings is 1. The van der Waals surface area contributed by atoms with Crippen molar-refractivity contribution in [1.29, 1.82) is 0 Å². The molecule has 2 aromatic rings. The first-order chi connectivity index (χ1) is 10.3. The molecular formula is C17H21N3O. The van der Waals surface area contributed by atoms with Crippen molar-refractivity contribution in [3.05, 3.63) is 42.3 Å². The van der Waals surface area contributed by atoms with Gasteiger partial charge < -0.3 is 9.73 Å². The monoisotopic (exact) mass is 283 g/mol. The zero-order valence-corrected chi connectivity index (χ0v) is 12.3. The van der Waals surface area contributed by atoms with Crippen LogP contribution in [-0.4, -0.2) is 35.6 Å². The van der Waals surface area contributed by atoms with E-state index >= 15 is 0 Å². The largest absolute Gasteiger partial charge is 0.444 e. The highest BCUT2D eigenvalue weighted by Gasteiger charge is 2.41. The molecule has 3 heterocycles. The van der Waals surface area contributed by atoms with E-state index in [2.05, 4.69) is 22.1 Å². The summed E-state index contributed by atoms with van der Waals surface area (Å²) in [6.07, 6.45) is 1.81. The molecule has 1 aromatic heterocycles. The summed E-state index contributed by atoms with van der Waals surface area (Å²) in [6, 6.07) is 10.7. The predicted octanol–water partition coefficient (Wildman–Crippen LogP) is 2.38. The average Bonchev–Trinajstić information content (AvgIpc) is 3.21. The molecule has 3 unspecified atom stereocenters. The number of rotatable bonds is 3. The van der Waals surface area contributed by atoms with E-state index in [1.54, 1.807) is 6.26 Å². The van der Waals surface area contributed by atoms with Gasteiger partial charge in [-0.1, -0.05) is 18.2 Å². The van der Waals surface area contributed by atoms with Gasteiger partial charge in [-0.15, -0.1) is 0 Å². The summed E-state index contributed by atoms with van der Waals surface area (Å²) in [6.45, 7) is 6.74. The molecule has 21 heavy (non-hydrogen) atoms. The average molecular weight is 283 g/mol. The van der Waals surface area contributed by atoms with E-state index in [0.29, 0.717) is 6.04 Å². The van der Waals surface area contributed by atoms with Gasteiger partial charge in [-0.3, -0.25) is 4.90 Å². The Kier molecular flexibility index (Phi) is 3.28. The summed E-state index contributed by atoms with van der Waals surface area (Å²) in [5.41, 5.74) is 2.08. The van der Waals surface area contributed by atoms with Crippen LogP contribution in [0.25, 0.3) is 11.5 Å². The van der Waals surface area contributed by atoms with Crippen molar-refractivity contribution >= 4 is 0 Å². The minimum absolute atomic E-state index is 0.627. The second-order valence-electron chi connectivity index (χ2n) is 6.26. The van der Waals surface area contributed by atoms with Crippen molar-refractivity contribution in [3.8, 4) is 11.5 Å². The molecule has 3 atom stereocenters. The minimum Gasteiger partial charge on any atom is -0.444 e. The Morgan fingerprint density at radius 3 is 2.95 bits per heavy atom. The first-order valence-corrected chi connectivity index (χ1v) is 7.76. The number of hydrogen-bond donors (Lipinski definition) is 1. The molecule has 0 saturated carbocycles. The highest BCUT2D eigenvalue weighted by atomic mass is 16.3. The summed E-state index contributed by atoms with van der Waals surface area (Å²) in [5, 5.41) is 3.50. The standard InChI is InChI=1S/C17H21N3O/c1-12-16-8-18-7-14(16)9-20(12)10-15-11-21-17(19-15)13-5-3-2-4-6-13/h2-6,11-12,14,16,18H,7-10H2,1H3. The zero-order chi connectivity index (χ0) is 14.2. The van der Waals surface area contributed by atoms with E-state index < -0.39 is 0 Å². The molecule has 0 bridgehead atoms. The van der Waals surface area contributed by atoms with E-state index in [4.69, 9.17) is 4.42 Å². The number of nitrogens with zero attached hydrogens (tertiary/aromatic N) is 2. The number of fused-ring (bicyclic) bond motifs is 1. The lowest BCUT2D eigenvalue weighted by atomic mass is 9.95. The first-order valence-electron chi connectivity index (χ1n) is 7.76. The van der Waals surface area contributed by atoms with Crippen LogP contribution in [0.15, 0.2) is 41.0 Å². The van der Waals surface area contributed by atoms with Gasteiger partial charge >= 0.3 is 0 Å². The maximum atomic E-state index is 5.64. The molecule has 2 fully saturated rings. The fourth-order valence-electron chi connectivity index (χ4n) is 3.77. The Bertz CT molecular complexity index is 610. The minimum atomic E-state index is 0.627. The Morgan fingerprint density at radius 2 is 2.14 bits per heavy atom. The van der Waals surface area contributed by atoms with E-state index in [1.165, 1.54) is 13.1 Å². The number of aromatic nitrogens is 1. The third-order valence-corrected chi connectivity index (χ3v) is 4.99. The summed E-state index contributed by atoms with van der Waals surface area (Å²) < 4.78 is 5.64. The summed E-state index contributed by atoms with van der Waals surface area (Å²) >= 11 is 0. The quantitative estimate of drug-likeness (QED) is 0.939. The highest BCUT2D eigenvalue weighted by Crippen LogP contribution is 2.33. The van der Waals surface area contributed by atoms with Gasteiger partial charge in [0.1, 0.15) is 6.26 Å². The van der Waals surface area contributed by atoms with Crippen LogP contribution in [0.2, 0.25) is 0 Å². The van der Waals surface area contributed by atoms with Crippen molar-refractivity contribution in [2.75, 3.05) is 19.6 Å². The van der Waals surface area contributed by atoms with Crippen LogP contribution in [0.4, 0.5) is 0 Å². The van der Waals surface area contributed by atoms with Crippen molar-refractivity contribution in [3.63, 3.8) is 0 Å². The first kappa shape index (κ1) is 13.0. The molecule has 1 N–H and O–H groups in total. The number of benzene rings is 1. The summed E-state index contributed by atoms with van der Waals surface area (Å²) in [5.74, 6) is 2.32. The summed E-state index contributed by atoms with van der Waals surface area (Å²) in [7, 11) is 0. The molecule has 4 heteroatoms. The second-order valence-corrected chi connectivity index (χ2v) is 6.26.